The van der Waals surface area contributed by atoms with Crippen molar-refractivity contribution in [2.45, 2.75) is 36.4 Å². The highest BCUT2D eigenvalue weighted by Gasteiger charge is 2.44. The van der Waals surface area contributed by atoms with Gasteiger partial charge in [-0.3, -0.25) is 0 Å². The predicted molar refractivity (Wildman–Crippen MR) is 72.2 cm³/mol. The minimum atomic E-state index is -4.55. The zero-order valence-electron chi connectivity index (χ0n) is 11.3. The van der Waals surface area contributed by atoms with E-state index in [2.05, 4.69) is 0 Å². The third-order valence-electron chi connectivity index (χ3n) is 3.25. The van der Waals surface area contributed by atoms with Gasteiger partial charge in [0.2, 0.25) is 10.0 Å². The summed E-state index contributed by atoms with van der Waals surface area (Å²) in [5.74, 6) is 0. The molecule has 1 aromatic carbocycles. The second-order valence-electron chi connectivity index (χ2n) is 5.08. The second kappa shape index (κ2) is 5.94. The van der Waals surface area contributed by atoms with Crippen molar-refractivity contribution < 1.29 is 21.6 Å². The van der Waals surface area contributed by atoms with Gasteiger partial charge in [0.25, 0.3) is 0 Å². The van der Waals surface area contributed by atoms with E-state index in [-0.39, 0.29) is 4.90 Å². The normalized spacial score (nSPS) is 16.4. The fraction of sp³-hybridized carbons (Fsp3) is 0.538. The fourth-order valence-electron chi connectivity index (χ4n) is 2.08. The van der Waals surface area contributed by atoms with Crippen LogP contribution in [0.25, 0.3) is 0 Å². The Kier molecular flexibility index (Phi) is 4.60. The zero-order chi connectivity index (χ0) is 15.7. The summed E-state index contributed by atoms with van der Waals surface area (Å²) in [6.45, 7) is -1.01. The van der Waals surface area contributed by atoms with E-state index in [1.807, 2.05) is 0 Å². The van der Waals surface area contributed by atoms with E-state index in [1.165, 1.54) is 12.1 Å². The van der Waals surface area contributed by atoms with Crippen LogP contribution in [0, 0.1) is 0 Å². The standard InChI is InChI=1S/C13H17F3N2O2S/c14-13(15,16)9-18(11-3-4-11)21(19,20)12-5-1-10(2-6-12)7-8-17/h1-2,5-6,11H,3-4,7-9,17H2. The van der Waals surface area contributed by atoms with Gasteiger partial charge in [0.1, 0.15) is 6.54 Å². The van der Waals surface area contributed by atoms with Crippen LogP contribution in [0.4, 0.5) is 13.2 Å². The highest BCUT2D eigenvalue weighted by Crippen LogP contribution is 2.34. The van der Waals surface area contributed by atoms with Crippen molar-refractivity contribution in [1.82, 2.24) is 4.31 Å². The van der Waals surface area contributed by atoms with E-state index >= 15 is 0 Å². The summed E-state index contributed by atoms with van der Waals surface area (Å²) in [7, 11) is -4.12. The average Bonchev–Trinajstić information content (AvgIpc) is 3.20. The van der Waals surface area contributed by atoms with Crippen LogP contribution in [0.3, 0.4) is 0 Å². The van der Waals surface area contributed by atoms with Crippen molar-refractivity contribution >= 4 is 10.0 Å². The molecule has 0 radical (unpaired) electrons. The number of nitrogens with zero attached hydrogens (tertiary/aromatic N) is 1. The van der Waals surface area contributed by atoms with Gasteiger partial charge in [0, 0.05) is 6.04 Å². The lowest BCUT2D eigenvalue weighted by atomic mass is 10.2. The number of nitrogens with two attached hydrogens (primary N) is 1. The number of hydrogen-bond donors (Lipinski definition) is 1. The molecule has 0 bridgehead atoms. The quantitative estimate of drug-likeness (QED) is 0.870. The first kappa shape index (κ1) is 16.3. The van der Waals surface area contributed by atoms with Crippen molar-refractivity contribution in [1.29, 1.82) is 0 Å². The van der Waals surface area contributed by atoms with Crippen molar-refractivity contribution in [3.8, 4) is 0 Å². The molecule has 0 spiro atoms. The SMILES string of the molecule is NCCc1ccc(S(=O)(=O)N(CC(F)(F)F)C2CC2)cc1. The molecule has 1 aliphatic carbocycles. The van der Waals surface area contributed by atoms with Gasteiger partial charge >= 0.3 is 6.18 Å². The van der Waals surface area contributed by atoms with Crippen LogP contribution >= 0.6 is 0 Å². The lowest BCUT2D eigenvalue weighted by molar-refractivity contribution is -0.137. The van der Waals surface area contributed by atoms with Crippen LogP contribution < -0.4 is 5.73 Å². The van der Waals surface area contributed by atoms with Crippen molar-refractivity contribution in [2.75, 3.05) is 13.1 Å². The Bertz CT molecular complexity index is 580. The Balaban J connectivity index is 2.25. The molecule has 0 heterocycles. The number of sulfonamides is 1. The molecule has 1 saturated carbocycles. The molecule has 0 aliphatic heterocycles. The van der Waals surface area contributed by atoms with E-state index in [9.17, 15) is 21.6 Å². The number of hydrogen-bond acceptors (Lipinski definition) is 3. The molecule has 0 atom stereocenters. The zero-order valence-corrected chi connectivity index (χ0v) is 12.1. The van der Waals surface area contributed by atoms with E-state index in [1.54, 1.807) is 12.1 Å². The number of rotatable bonds is 6. The Hall–Kier alpha value is -1.12. The van der Waals surface area contributed by atoms with E-state index in [0.717, 1.165) is 5.56 Å². The maximum Gasteiger partial charge on any atom is 0.402 e. The van der Waals surface area contributed by atoms with Crippen LogP contribution in [-0.4, -0.2) is 38.0 Å². The molecule has 118 valence electrons. The van der Waals surface area contributed by atoms with Crippen molar-refractivity contribution in [3.05, 3.63) is 29.8 Å². The van der Waals surface area contributed by atoms with Gasteiger partial charge < -0.3 is 5.73 Å². The predicted octanol–water partition coefficient (Wildman–Crippen LogP) is 1.90. The molecule has 2 rings (SSSR count). The molecular formula is C13H17F3N2O2S. The third-order valence-corrected chi connectivity index (χ3v) is 5.16. The Morgan fingerprint density at radius 1 is 1.19 bits per heavy atom. The maximum absolute atomic E-state index is 12.6. The topological polar surface area (TPSA) is 63.4 Å². The summed E-state index contributed by atoms with van der Waals surface area (Å²) in [5, 5.41) is 0. The number of halogens is 3. The smallest absolute Gasteiger partial charge is 0.330 e. The van der Waals surface area contributed by atoms with Crippen molar-refractivity contribution in [2.24, 2.45) is 5.73 Å². The molecule has 0 unspecified atom stereocenters. The largest absolute Gasteiger partial charge is 0.402 e. The van der Waals surface area contributed by atoms with Gasteiger partial charge in [-0.15, -0.1) is 0 Å². The van der Waals surface area contributed by atoms with Gasteiger partial charge in [0.15, 0.2) is 0 Å². The Labute approximate surface area is 121 Å². The molecule has 4 nitrogen and oxygen atoms in total. The molecule has 0 saturated heterocycles. The van der Waals surface area contributed by atoms with Gasteiger partial charge in [-0.05, 0) is 43.5 Å². The average molecular weight is 322 g/mol. The summed E-state index contributed by atoms with van der Waals surface area (Å²) in [5.41, 5.74) is 6.25. The molecule has 0 aromatic heterocycles. The van der Waals surface area contributed by atoms with Crippen LogP contribution in [0.1, 0.15) is 18.4 Å². The van der Waals surface area contributed by atoms with E-state index in [4.69, 9.17) is 5.73 Å². The number of alkyl halides is 3. The highest BCUT2D eigenvalue weighted by atomic mass is 32.2. The Morgan fingerprint density at radius 3 is 2.19 bits per heavy atom. The first-order valence-corrected chi connectivity index (χ1v) is 8.05. The molecule has 1 aliphatic rings. The second-order valence-corrected chi connectivity index (χ2v) is 6.97. The highest BCUT2D eigenvalue weighted by molar-refractivity contribution is 7.89. The lowest BCUT2D eigenvalue weighted by Gasteiger charge is -2.23. The first-order chi connectivity index (χ1) is 9.74. The van der Waals surface area contributed by atoms with Gasteiger partial charge in [-0.1, -0.05) is 12.1 Å². The minimum absolute atomic E-state index is 0.112. The number of benzene rings is 1. The lowest BCUT2D eigenvalue weighted by Crippen LogP contribution is -2.40. The first-order valence-electron chi connectivity index (χ1n) is 6.61. The summed E-state index contributed by atoms with van der Waals surface area (Å²) in [6, 6.07) is 5.30. The van der Waals surface area contributed by atoms with Crippen LogP contribution in [0.5, 0.6) is 0 Å². The van der Waals surface area contributed by atoms with Crippen LogP contribution in [0.15, 0.2) is 29.2 Å². The fourth-order valence-corrected chi connectivity index (χ4v) is 3.75. The minimum Gasteiger partial charge on any atom is -0.330 e. The summed E-state index contributed by atoms with van der Waals surface area (Å²) in [4.78, 5) is -0.112. The molecule has 2 N–H and O–H groups in total. The summed E-state index contributed by atoms with van der Waals surface area (Å²) >= 11 is 0. The van der Waals surface area contributed by atoms with Crippen LogP contribution in [0.2, 0.25) is 0 Å². The monoisotopic (exact) mass is 322 g/mol. The molecule has 1 aromatic rings. The maximum atomic E-state index is 12.6. The molecule has 8 heteroatoms. The summed E-state index contributed by atoms with van der Waals surface area (Å²) in [6.07, 6.45) is -3.01. The van der Waals surface area contributed by atoms with E-state index < -0.39 is 28.8 Å². The van der Waals surface area contributed by atoms with Gasteiger partial charge in [0.05, 0.1) is 4.90 Å². The molecular weight excluding hydrogens is 305 g/mol. The van der Waals surface area contributed by atoms with Crippen molar-refractivity contribution in [3.63, 3.8) is 0 Å². The van der Waals surface area contributed by atoms with E-state index in [0.29, 0.717) is 30.1 Å². The molecule has 0 amide bonds. The molecule has 1 fully saturated rings. The summed E-state index contributed by atoms with van der Waals surface area (Å²) < 4.78 is 63.0. The van der Waals surface area contributed by atoms with Crippen LogP contribution in [-0.2, 0) is 16.4 Å². The van der Waals surface area contributed by atoms with Gasteiger partial charge in [-0.2, -0.15) is 17.5 Å². The molecule has 21 heavy (non-hydrogen) atoms. The Morgan fingerprint density at radius 2 is 1.76 bits per heavy atom. The third kappa shape index (κ3) is 4.18. The van der Waals surface area contributed by atoms with Gasteiger partial charge in [-0.25, -0.2) is 8.42 Å².